The monoisotopic (exact) mass is 344 g/mol. The fraction of sp³-hybridized carbons (Fsp3) is 0.0769. The number of benzene rings is 2. The van der Waals surface area contributed by atoms with Crippen molar-refractivity contribution < 1.29 is 0 Å². The molecule has 0 atom stereocenters. The summed E-state index contributed by atoms with van der Waals surface area (Å²) in [6, 6.07) is 9.47. The first-order valence-corrected chi connectivity index (χ1v) is 6.80. The van der Waals surface area contributed by atoms with E-state index in [9.17, 15) is 0 Å². The molecule has 0 unspecified atom stereocenters. The van der Waals surface area contributed by atoms with E-state index in [-0.39, 0.29) is 0 Å². The minimum Gasteiger partial charge on any atom is -0.397 e. The fourth-order valence-corrected chi connectivity index (χ4v) is 2.38. The molecule has 0 saturated carbocycles. The van der Waals surface area contributed by atoms with Crippen molar-refractivity contribution in [2.24, 2.45) is 0 Å². The first-order valence-electron chi connectivity index (χ1n) is 5.25. The van der Waals surface area contributed by atoms with Gasteiger partial charge in [0.05, 0.1) is 27.1 Å². The highest BCUT2D eigenvalue weighted by Crippen LogP contribution is 2.37. The molecule has 2 rings (SSSR count). The Morgan fingerprint density at radius 2 is 1.72 bits per heavy atom. The highest BCUT2D eigenvalue weighted by molar-refractivity contribution is 9.10. The van der Waals surface area contributed by atoms with E-state index in [0.29, 0.717) is 15.7 Å². The lowest BCUT2D eigenvalue weighted by molar-refractivity contribution is 1.45. The van der Waals surface area contributed by atoms with Crippen LogP contribution in [0.1, 0.15) is 5.56 Å². The van der Waals surface area contributed by atoms with Gasteiger partial charge in [-0.15, -0.1) is 0 Å². The molecule has 0 saturated heterocycles. The van der Waals surface area contributed by atoms with Crippen LogP contribution in [0.25, 0.3) is 0 Å². The maximum absolute atomic E-state index is 6.17. The van der Waals surface area contributed by atoms with E-state index < -0.39 is 0 Å². The van der Waals surface area contributed by atoms with Gasteiger partial charge in [-0.3, -0.25) is 0 Å². The summed E-state index contributed by atoms with van der Waals surface area (Å²) in [6.07, 6.45) is 0. The van der Waals surface area contributed by atoms with Crippen LogP contribution in [-0.4, -0.2) is 0 Å². The zero-order valence-electron chi connectivity index (χ0n) is 9.60. The molecule has 0 aliphatic carbocycles. The van der Waals surface area contributed by atoms with Crippen LogP contribution in [0.15, 0.2) is 34.8 Å². The highest BCUT2D eigenvalue weighted by Gasteiger charge is 2.09. The lowest BCUT2D eigenvalue weighted by atomic mass is 10.2. The second kappa shape index (κ2) is 5.39. The molecule has 94 valence electrons. The largest absolute Gasteiger partial charge is 0.397 e. The predicted octanol–water partition coefficient (Wildman–Crippen LogP) is 5.39. The van der Waals surface area contributed by atoms with E-state index >= 15 is 0 Å². The average molecular weight is 346 g/mol. The normalized spacial score (nSPS) is 10.4. The summed E-state index contributed by atoms with van der Waals surface area (Å²) in [4.78, 5) is 0. The molecule has 0 aromatic heterocycles. The van der Waals surface area contributed by atoms with Crippen molar-refractivity contribution in [3.8, 4) is 0 Å². The summed E-state index contributed by atoms with van der Waals surface area (Å²) < 4.78 is 0.761. The van der Waals surface area contributed by atoms with Crippen molar-refractivity contribution in [2.75, 3.05) is 11.1 Å². The van der Waals surface area contributed by atoms with Gasteiger partial charge < -0.3 is 11.1 Å². The molecule has 0 bridgehead atoms. The maximum atomic E-state index is 6.17. The van der Waals surface area contributed by atoms with Crippen molar-refractivity contribution in [1.82, 2.24) is 0 Å². The quantitative estimate of drug-likeness (QED) is 0.565. The standard InChI is InChI=1S/C13H11BrCl2N2/c1-7-2-4-10(9(17)6-7)18-11-5-3-8(14)12(15)13(11)16/h2-6,18H,17H2,1H3. The van der Waals surface area contributed by atoms with Crippen molar-refractivity contribution in [2.45, 2.75) is 6.92 Å². The molecule has 2 nitrogen and oxygen atoms in total. The van der Waals surface area contributed by atoms with E-state index in [0.717, 1.165) is 21.4 Å². The lowest BCUT2D eigenvalue weighted by Crippen LogP contribution is -1.97. The van der Waals surface area contributed by atoms with Gasteiger partial charge in [0.25, 0.3) is 0 Å². The van der Waals surface area contributed by atoms with Gasteiger partial charge in [0.15, 0.2) is 0 Å². The van der Waals surface area contributed by atoms with Gasteiger partial charge in [0.2, 0.25) is 0 Å². The molecule has 0 aliphatic rings. The first-order chi connectivity index (χ1) is 8.49. The van der Waals surface area contributed by atoms with E-state index in [4.69, 9.17) is 28.9 Å². The maximum Gasteiger partial charge on any atom is 0.0838 e. The number of anilines is 3. The highest BCUT2D eigenvalue weighted by atomic mass is 79.9. The Morgan fingerprint density at radius 1 is 1.06 bits per heavy atom. The molecule has 0 amide bonds. The third-order valence-corrected chi connectivity index (χ3v) is 4.28. The molecule has 2 aromatic carbocycles. The van der Waals surface area contributed by atoms with Crippen molar-refractivity contribution in [1.29, 1.82) is 0 Å². The van der Waals surface area contributed by atoms with Gasteiger partial charge in [-0.1, -0.05) is 29.3 Å². The minimum atomic E-state index is 0.464. The van der Waals surface area contributed by atoms with Crippen LogP contribution >= 0.6 is 39.1 Å². The molecular formula is C13H11BrCl2N2. The molecule has 18 heavy (non-hydrogen) atoms. The van der Waals surface area contributed by atoms with Crippen LogP contribution in [0.3, 0.4) is 0 Å². The van der Waals surface area contributed by atoms with Gasteiger partial charge in [-0.2, -0.15) is 0 Å². The second-order valence-corrected chi connectivity index (χ2v) is 5.55. The number of hydrogen-bond acceptors (Lipinski definition) is 2. The summed E-state index contributed by atoms with van der Waals surface area (Å²) >= 11 is 15.6. The van der Waals surface area contributed by atoms with E-state index in [2.05, 4.69) is 21.2 Å². The van der Waals surface area contributed by atoms with Crippen LogP contribution in [0, 0.1) is 6.92 Å². The van der Waals surface area contributed by atoms with Crippen LogP contribution < -0.4 is 11.1 Å². The second-order valence-electron chi connectivity index (χ2n) is 3.94. The smallest absolute Gasteiger partial charge is 0.0838 e. The lowest BCUT2D eigenvalue weighted by Gasteiger charge is -2.12. The van der Waals surface area contributed by atoms with E-state index in [1.165, 1.54) is 0 Å². The summed E-state index contributed by atoms with van der Waals surface area (Å²) in [6.45, 7) is 1.99. The van der Waals surface area contributed by atoms with E-state index in [1.54, 1.807) is 0 Å². The van der Waals surface area contributed by atoms with Gasteiger partial charge in [-0.25, -0.2) is 0 Å². The molecule has 5 heteroatoms. The number of halogens is 3. The molecule has 0 aliphatic heterocycles. The molecule has 2 aromatic rings. The number of aryl methyl sites for hydroxylation is 1. The fourth-order valence-electron chi connectivity index (χ4n) is 1.56. The third kappa shape index (κ3) is 2.74. The van der Waals surface area contributed by atoms with Crippen LogP contribution in [0.4, 0.5) is 17.1 Å². The number of nitrogens with one attached hydrogen (secondary N) is 1. The molecule has 0 radical (unpaired) electrons. The van der Waals surface area contributed by atoms with Crippen LogP contribution in [0.5, 0.6) is 0 Å². The zero-order valence-corrected chi connectivity index (χ0v) is 12.7. The van der Waals surface area contributed by atoms with Crippen molar-refractivity contribution >= 4 is 56.2 Å². The zero-order chi connectivity index (χ0) is 13.3. The summed E-state index contributed by atoms with van der Waals surface area (Å²) in [5, 5.41) is 4.12. The van der Waals surface area contributed by atoms with Gasteiger partial charge in [-0.05, 0) is 52.7 Å². The summed E-state index contributed by atoms with van der Waals surface area (Å²) in [5.74, 6) is 0. The Labute approximate surface area is 124 Å². The summed E-state index contributed by atoms with van der Waals surface area (Å²) in [5.41, 5.74) is 9.25. The number of nitrogens with two attached hydrogens (primary N) is 1. The van der Waals surface area contributed by atoms with Crippen LogP contribution in [0.2, 0.25) is 10.0 Å². The SMILES string of the molecule is Cc1ccc(Nc2ccc(Br)c(Cl)c2Cl)c(N)c1. The predicted molar refractivity (Wildman–Crippen MR) is 83.0 cm³/mol. The van der Waals surface area contributed by atoms with E-state index in [1.807, 2.05) is 37.3 Å². The van der Waals surface area contributed by atoms with Crippen LogP contribution in [-0.2, 0) is 0 Å². The Bertz CT molecular complexity index is 600. The molecule has 0 spiro atoms. The summed E-state index contributed by atoms with van der Waals surface area (Å²) in [7, 11) is 0. The topological polar surface area (TPSA) is 38.0 Å². The molecular weight excluding hydrogens is 335 g/mol. The molecule has 3 N–H and O–H groups in total. The van der Waals surface area contributed by atoms with Crippen molar-refractivity contribution in [3.63, 3.8) is 0 Å². The number of hydrogen-bond donors (Lipinski definition) is 2. The molecule has 0 fully saturated rings. The molecule has 0 heterocycles. The Kier molecular flexibility index (Phi) is 4.05. The third-order valence-electron chi connectivity index (χ3n) is 2.51. The Balaban J connectivity index is 2.37. The Morgan fingerprint density at radius 3 is 2.39 bits per heavy atom. The Hall–Kier alpha value is -0.900. The average Bonchev–Trinajstić information content (AvgIpc) is 2.33. The number of nitrogen functional groups attached to an aromatic ring is 1. The number of rotatable bonds is 2. The van der Waals surface area contributed by atoms with Crippen molar-refractivity contribution in [3.05, 3.63) is 50.4 Å². The van der Waals surface area contributed by atoms with Gasteiger partial charge in [0, 0.05) is 4.47 Å². The van der Waals surface area contributed by atoms with Gasteiger partial charge in [0.1, 0.15) is 0 Å². The first kappa shape index (κ1) is 13.5. The van der Waals surface area contributed by atoms with Gasteiger partial charge >= 0.3 is 0 Å². The minimum absolute atomic E-state index is 0.464.